The molecule has 1 amide bonds. The molecule has 0 aliphatic rings. The quantitative estimate of drug-likeness (QED) is 0.908. The zero-order chi connectivity index (χ0) is 16.2. The van der Waals surface area contributed by atoms with E-state index in [1.54, 1.807) is 13.0 Å². The fraction of sp³-hybridized carbons (Fsp3) is 0.533. The number of carbonyl (C=O) groups is 1. The minimum absolute atomic E-state index is 0.0203. The number of amides is 1. The first-order chi connectivity index (χ1) is 9.66. The van der Waals surface area contributed by atoms with Gasteiger partial charge in [0.2, 0.25) is 5.91 Å². The monoisotopic (exact) mass is 302 g/mol. The molecule has 0 aromatic heterocycles. The van der Waals surface area contributed by atoms with Gasteiger partial charge in [-0.25, -0.2) is 0 Å². The normalized spacial score (nSPS) is 13.3. The van der Waals surface area contributed by atoms with Crippen molar-refractivity contribution in [1.29, 1.82) is 0 Å². The molecule has 0 spiro atoms. The van der Waals surface area contributed by atoms with Crippen LogP contribution < -0.4 is 5.73 Å². The van der Waals surface area contributed by atoms with E-state index in [2.05, 4.69) is 0 Å². The van der Waals surface area contributed by atoms with E-state index < -0.39 is 17.8 Å². The number of likely N-dealkylation sites (N-methyl/N-ethyl adjacent to an activating group) is 1. The van der Waals surface area contributed by atoms with Gasteiger partial charge in [-0.2, -0.15) is 13.2 Å². The van der Waals surface area contributed by atoms with Gasteiger partial charge < -0.3 is 10.6 Å². The van der Waals surface area contributed by atoms with Crippen molar-refractivity contribution in [2.75, 3.05) is 6.54 Å². The highest BCUT2D eigenvalue weighted by Gasteiger charge is 2.30. The van der Waals surface area contributed by atoms with E-state index in [9.17, 15) is 18.0 Å². The summed E-state index contributed by atoms with van der Waals surface area (Å²) in [6.07, 6.45) is -4.38. The Morgan fingerprint density at radius 2 is 1.95 bits per heavy atom. The van der Waals surface area contributed by atoms with Crippen LogP contribution in [-0.2, 0) is 17.5 Å². The molecule has 118 valence electrons. The smallest absolute Gasteiger partial charge is 0.337 e. The van der Waals surface area contributed by atoms with Crippen LogP contribution in [0, 0.1) is 5.92 Å². The van der Waals surface area contributed by atoms with Gasteiger partial charge in [-0.1, -0.05) is 26.0 Å². The molecule has 0 fully saturated rings. The molecule has 0 aliphatic carbocycles. The number of hydrogen-bond acceptors (Lipinski definition) is 2. The van der Waals surface area contributed by atoms with E-state index in [0.29, 0.717) is 12.1 Å². The Morgan fingerprint density at radius 3 is 2.43 bits per heavy atom. The van der Waals surface area contributed by atoms with E-state index >= 15 is 0 Å². The first-order valence-corrected chi connectivity index (χ1v) is 6.87. The predicted molar refractivity (Wildman–Crippen MR) is 75.3 cm³/mol. The van der Waals surface area contributed by atoms with Crippen LogP contribution in [0.4, 0.5) is 13.2 Å². The maximum atomic E-state index is 12.7. The summed E-state index contributed by atoms with van der Waals surface area (Å²) in [7, 11) is 0. The molecule has 1 aromatic rings. The van der Waals surface area contributed by atoms with Crippen molar-refractivity contribution in [3.05, 3.63) is 35.4 Å². The third kappa shape index (κ3) is 4.74. The molecule has 3 nitrogen and oxygen atoms in total. The number of hydrogen-bond donors (Lipinski definition) is 1. The lowest BCUT2D eigenvalue weighted by atomic mass is 10.0. The number of rotatable bonds is 5. The lowest BCUT2D eigenvalue weighted by molar-refractivity contribution is -0.137. The van der Waals surface area contributed by atoms with E-state index in [1.165, 1.54) is 11.0 Å². The SMILES string of the molecule is CCN(Cc1cccc(C(F)(F)F)c1)C(=O)[C@@H](N)C(C)C. The van der Waals surface area contributed by atoms with Gasteiger partial charge in [0.1, 0.15) is 0 Å². The third-order valence-corrected chi connectivity index (χ3v) is 3.32. The lowest BCUT2D eigenvalue weighted by Gasteiger charge is -2.26. The van der Waals surface area contributed by atoms with Crippen LogP contribution in [0.5, 0.6) is 0 Å². The second kappa shape index (κ2) is 6.93. The van der Waals surface area contributed by atoms with Crippen molar-refractivity contribution < 1.29 is 18.0 Å². The van der Waals surface area contributed by atoms with Crippen molar-refractivity contribution in [1.82, 2.24) is 4.90 Å². The number of alkyl halides is 3. The Balaban J connectivity index is 2.90. The van der Waals surface area contributed by atoms with E-state index in [-0.39, 0.29) is 18.4 Å². The fourth-order valence-corrected chi connectivity index (χ4v) is 1.91. The molecule has 1 rings (SSSR count). The molecular formula is C15H21F3N2O. The van der Waals surface area contributed by atoms with Crippen molar-refractivity contribution in [3.8, 4) is 0 Å². The fourth-order valence-electron chi connectivity index (χ4n) is 1.91. The second-order valence-electron chi connectivity index (χ2n) is 5.32. The topological polar surface area (TPSA) is 46.3 Å². The molecule has 0 saturated carbocycles. The molecule has 1 atom stereocenters. The maximum Gasteiger partial charge on any atom is 0.416 e. The van der Waals surface area contributed by atoms with Gasteiger partial charge in [-0.3, -0.25) is 4.79 Å². The van der Waals surface area contributed by atoms with Gasteiger partial charge in [0.15, 0.2) is 0 Å². The van der Waals surface area contributed by atoms with Crippen molar-refractivity contribution in [2.24, 2.45) is 11.7 Å². The zero-order valence-corrected chi connectivity index (χ0v) is 12.4. The summed E-state index contributed by atoms with van der Waals surface area (Å²) < 4.78 is 38.0. The number of halogens is 3. The Kier molecular flexibility index (Phi) is 5.78. The standard InChI is InChI=1S/C15H21F3N2O/c1-4-20(14(21)13(19)10(2)3)9-11-6-5-7-12(8-11)15(16,17)18/h5-8,10,13H,4,9,19H2,1-3H3/t13-/m0/s1. The summed E-state index contributed by atoms with van der Waals surface area (Å²) >= 11 is 0. The van der Waals surface area contributed by atoms with Gasteiger partial charge in [0.25, 0.3) is 0 Å². The molecule has 0 bridgehead atoms. The number of benzene rings is 1. The van der Waals surface area contributed by atoms with E-state index in [0.717, 1.165) is 12.1 Å². The van der Waals surface area contributed by atoms with Crippen molar-refractivity contribution >= 4 is 5.91 Å². The van der Waals surface area contributed by atoms with Crippen LogP contribution in [0.1, 0.15) is 31.9 Å². The summed E-state index contributed by atoms with van der Waals surface area (Å²) in [5, 5.41) is 0. The molecule has 0 saturated heterocycles. The Morgan fingerprint density at radius 1 is 1.33 bits per heavy atom. The minimum Gasteiger partial charge on any atom is -0.337 e. The van der Waals surface area contributed by atoms with Gasteiger partial charge in [-0.15, -0.1) is 0 Å². The molecule has 6 heteroatoms. The number of nitrogens with zero attached hydrogens (tertiary/aromatic N) is 1. The molecule has 0 unspecified atom stereocenters. The first kappa shape index (κ1) is 17.5. The highest BCUT2D eigenvalue weighted by atomic mass is 19.4. The summed E-state index contributed by atoms with van der Waals surface area (Å²) in [5.41, 5.74) is 5.55. The first-order valence-electron chi connectivity index (χ1n) is 6.87. The Bertz CT molecular complexity index is 486. The molecule has 0 heterocycles. The van der Waals surface area contributed by atoms with Gasteiger partial charge in [0.05, 0.1) is 11.6 Å². The summed E-state index contributed by atoms with van der Waals surface area (Å²) in [6, 6.07) is 4.36. The maximum absolute atomic E-state index is 12.7. The van der Waals surface area contributed by atoms with Crippen molar-refractivity contribution in [2.45, 2.75) is 39.5 Å². The lowest BCUT2D eigenvalue weighted by Crippen LogP contribution is -2.46. The average molecular weight is 302 g/mol. The number of nitrogens with two attached hydrogens (primary N) is 1. The molecular weight excluding hydrogens is 281 g/mol. The largest absolute Gasteiger partial charge is 0.416 e. The molecule has 0 aliphatic heterocycles. The van der Waals surface area contributed by atoms with Gasteiger partial charge in [0, 0.05) is 13.1 Å². The molecule has 2 N–H and O–H groups in total. The summed E-state index contributed by atoms with van der Waals surface area (Å²) in [4.78, 5) is 13.7. The third-order valence-electron chi connectivity index (χ3n) is 3.32. The second-order valence-corrected chi connectivity index (χ2v) is 5.32. The zero-order valence-electron chi connectivity index (χ0n) is 12.4. The Labute approximate surface area is 122 Å². The Hall–Kier alpha value is -1.56. The molecule has 1 aromatic carbocycles. The van der Waals surface area contributed by atoms with Gasteiger partial charge >= 0.3 is 6.18 Å². The van der Waals surface area contributed by atoms with Crippen LogP contribution in [0.2, 0.25) is 0 Å². The van der Waals surface area contributed by atoms with E-state index in [1.807, 2.05) is 13.8 Å². The highest BCUT2D eigenvalue weighted by molar-refractivity contribution is 5.81. The van der Waals surface area contributed by atoms with Crippen LogP contribution in [-0.4, -0.2) is 23.4 Å². The van der Waals surface area contributed by atoms with Gasteiger partial charge in [-0.05, 0) is 30.5 Å². The minimum atomic E-state index is -4.38. The summed E-state index contributed by atoms with van der Waals surface area (Å²) in [6.45, 7) is 5.97. The van der Waals surface area contributed by atoms with E-state index in [4.69, 9.17) is 5.73 Å². The van der Waals surface area contributed by atoms with Crippen molar-refractivity contribution in [3.63, 3.8) is 0 Å². The van der Waals surface area contributed by atoms with Crippen LogP contribution in [0.15, 0.2) is 24.3 Å². The highest BCUT2D eigenvalue weighted by Crippen LogP contribution is 2.29. The number of carbonyl (C=O) groups excluding carboxylic acids is 1. The molecule has 21 heavy (non-hydrogen) atoms. The predicted octanol–water partition coefficient (Wildman–Crippen LogP) is 3.04. The van der Waals surface area contributed by atoms with Crippen LogP contribution in [0.3, 0.4) is 0 Å². The summed E-state index contributed by atoms with van der Waals surface area (Å²) in [5.74, 6) is -0.266. The van der Waals surface area contributed by atoms with Crippen LogP contribution >= 0.6 is 0 Å². The average Bonchev–Trinajstić information content (AvgIpc) is 2.42. The molecule has 0 radical (unpaired) electrons. The van der Waals surface area contributed by atoms with Crippen LogP contribution in [0.25, 0.3) is 0 Å².